The highest BCUT2D eigenvalue weighted by Gasteiger charge is 2.36. The van der Waals surface area contributed by atoms with Crippen molar-refractivity contribution < 1.29 is 43.5 Å². The molecular weight excluding hydrogens is 624 g/mol. The predicted octanol–water partition coefficient (Wildman–Crippen LogP) is 9.88. The van der Waals surface area contributed by atoms with E-state index in [2.05, 4.69) is 13.8 Å². The van der Waals surface area contributed by atoms with E-state index in [1.165, 1.54) is 51.4 Å². The van der Waals surface area contributed by atoms with Gasteiger partial charge in [0.15, 0.2) is 11.5 Å². The molecule has 284 valence electrons. The van der Waals surface area contributed by atoms with Crippen molar-refractivity contribution in [3.05, 3.63) is 24.3 Å². The van der Waals surface area contributed by atoms with Crippen molar-refractivity contribution >= 4 is 11.9 Å². The zero-order chi connectivity index (χ0) is 35.7. The smallest absolute Gasteiger partial charge is 0.309 e. The number of benzene rings is 1. The maximum atomic E-state index is 12.3. The van der Waals surface area contributed by atoms with Crippen LogP contribution < -0.4 is 9.47 Å². The molecular formula is C40H70O9. The Morgan fingerprint density at radius 1 is 0.531 bits per heavy atom. The van der Waals surface area contributed by atoms with Crippen LogP contribution in [0.3, 0.4) is 0 Å². The van der Waals surface area contributed by atoms with Gasteiger partial charge < -0.3 is 33.9 Å². The summed E-state index contributed by atoms with van der Waals surface area (Å²) in [6.07, 6.45) is 21.7. The molecule has 1 aromatic carbocycles. The van der Waals surface area contributed by atoms with Crippen LogP contribution in [0.5, 0.6) is 11.5 Å². The summed E-state index contributed by atoms with van der Waals surface area (Å²) in [4.78, 5) is 22.9. The highest BCUT2D eigenvalue weighted by molar-refractivity contribution is 5.74. The van der Waals surface area contributed by atoms with E-state index in [9.17, 15) is 14.7 Å². The normalized spacial score (nSPS) is 14.6. The number of carbonyl (C=O) groups is 2. The van der Waals surface area contributed by atoms with Gasteiger partial charge in [0.1, 0.15) is 13.2 Å². The first-order valence-corrected chi connectivity index (χ1v) is 19.5. The Kier molecular flexibility index (Phi) is 28.8. The van der Waals surface area contributed by atoms with E-state index in [1.54, 1.807) is 0 Å². The first kappa shape index (κ1) is 44.7. The molecule has 0 saturated carbocycles. The molecule has 1 aliphatic heterocycles. The van der Waals surface area contributed by atoms with E-state index < -0.39 is 17.4 Å². The molecule has 0 spiro atoms. The van der Waals surface area contributed by atoms with E-state index in [0.29, 0.717) is 52.9 Å². The molecule has 49 heavy (non-hydrogen) atoms. The lowest BCUT2D eigenvalue weighted by molar-refractivity contribution is -0.151. The Hall–Kier alpha value is -2.36. The maximum absolute atomic E-state index is 12.3. The number of unbranched alkanes of at least 4 members (excludes halogenated alkanes) is 14. The number of hydrogen-bond donors (Lipinski definition) is 2. The molecule has 0 saturated heterocycles. The summed E-state index contributed by atoms with van der Waals surface area (Å²) < 4.78 is 27.4. The van der Waals surface area contributed by atoms with E-state index >= 15 is 0 Å². The summed E-state index contributed by atoms with van der Waals surface area (Å²) in [7, 11) is 0. The van der Waals surface area contributed by atoms with Crippen LogP contribution >= 0.6 is 0 Å². The summed E-state index contributed by atoms with van der Waals surface area (Å²) in [5, 5.41) is 18.9. The number of rotatable bonds is 23. The first-order chi connectivity index (χ1) is 23.9. The van der Waals surface area contributed by atoms with Crippen LogP contribution in [0.2, 0.25) is 0 Å². The lowest BCUT2D eigenvalue weighted by Crippen LogP contribution is -2.31. The van der Waals surface area contributed by atoms with Gasteiger partial charge in [-0.3, -0.25) is 9.59 Å². The van der Waals surface area contributed by atoms with Crippen LogP contribution in [0.25, 0.3) is 0 Å². The Morgan fingerprint density at radius 3 is 1.24 bits per heavy atom. The average molecular weight is 695 g/mol. The average Bonchev–Trinajstić information content (AvgIpc) is 3.10. The summed E-state index contributed by atoms with van der Waals surface area (Å²) in [5.41, 5.74) is -0.545. The monoisotopic (exact) mass is 695 g/mol. The second-order valence-corrected chi connectivity index (χ2v) is 13.3. The molecule has 0 aromatic heterocycles. The molecule has 0 atom stereocenters. The second kappa shape index (κ2) is 31.6. The number of ether oxygens (including phenoxy) is 5. The molecule has 1 aromatic rings. The van der Waals surface area contributed by atoms with Gasteiger partial charge in [0.05, 0.1) is 45.1 Å². The topological polar surface area (TPSA) is 121 Å². The number of hydrogen-bond acceptors (Lipinski definition) is 7. The summed E-state index contributed by atoms with van der Waals surface area (Å²) in [6.45, 7) is 8.81. The molecule has 0 radical (unpaired) electrons. The van der Waals surface area contributed by atoms with Crippen molar-refractivity contribution in [3.8, 4) is 11.5 Å². The molecule has 0 bridgehead atoms. The molecule has 9 heteroatoms. The lowest BCUT2D eigenvalue weighted by Gasteiger charge is -2.30. The van der Waals surface area contributed by atoms with Gasteiger partial charge in [0.25, 0.3) is 0 Å². The van der Waals surface area contributed by atoms with Gasteiger partial charge >= 0.3 is 11.9 Å². The van der Waals surface area contributed by atoms with Crippen LogP contribution in [0, 0.1) is 5.41 Å². The van der Waals surface area contributed by atoms with Gasteiger partial charge in [-0.25, -0.2) is 0 Å². The Balaban J connectivity index is 0.000000537. The van der Waals surface area contributed by atoms with Gasteiger partial charge in [-0.15, -0.1) is 0 Å². The van der Waals surface area contributed by atoms with Gasteiger partial charge in [0.2, 0.25) is 0 Å². The van der Waals surface area contributed by atoms with Crippen LogP contribution in [0.15, 0.2) is 24.3 Å². The van der Waals surface area contributed by atoms with Gasteiger partial charge in [-0.05, 0) is 37.8 Å². The number of para-hydroxylation sites is 2. The standard InChI is InChI=1S/C26H50O4.C14H20O5/c1-3-5-7-9-13-17-21-26(25(29)30,22-18-14-10-8-6-4-2)23-19-15-11-12-16-20-24(27)28;1-2-4-14-13(3-1)18-11-9-16-7-5-15-6-8-17-10-12-19-14/h3-23H2,1-2H3,(H,27,28)(H,29,30);1-4H,5-12H2. The van der Waals surface area contributed by atoms with Crippen molar-refractivity contribution in [2.24, 2.45) is 5.41 Å². The van der Waals surface area contributed by atoms with Crippen molar-refractivity contribution in [3.63, 3.8) is 0 Å². The number of carboxylic acid groups (broad SMARTS) is 2. The van der Waals surface area contributed by atoms with Crippen LogP contribution in [0.1, 0.15) is 149 Å². The summed E-state index contributed by atoms with van der Waals surface area (Å²) >= 11 is 0. The SMILES string of the molecule is CCCCCCCCC(CCCCCCCC)(CCCCCCCC(=O)O)C(=O)O.c1ccc2c(c1)OCCOCCOCCOCCO2. The summed E-state index contributed by atoms with van der Waals surface area (Å²) in [6, 6.07) is 7.61. The molecule has 0 fully saturated rings. The molecule has 9 nitrogen and oxygen atoms in total. The van der Waals surface area contributed by atoms with Gasteiger partial charge in [0, 0.05) is 6.42 Å². The fourth-order valence-corrected chi connectivity index (χ4v) is 6.10. The van der Waals surface area contributed by atoms with Crippen molar-refractivity contribution in [1.29, 1.82) is 0 Å². The third-order valence-electron chi connectivity index (χ3n) is 9.08. The third kappa shape index (κ3) is 24.4. The second-order valence-electron chi connectivity index (χ2n) is 13.3. The minimum atomic E-state index is -0.724. The molecule has 2 N–H and O–H groups in total. The van der Waals surface area contributed by atoms with Gasteiger partial charge in [-0.2, -0.15) is 0 Å². The molecule has 0 unspecified atom stereocenters. The van der Waals surface area contributed by atoms with Crippen LogP contribution in [0.4, 0.5) is 0 Å². The maximum Gasteiger partial charge on any atom is 0.309 e. The number of aliphatic carboxylic acids is 2. The molecule has 0 amide bonds. The third-order valence-corrected chi connectivity index (χ3v) is 9.08. The fraction of sp³-hybridized carbons (Fsp3) is 0.800. The van der Waals surface area contributed by atoms with E-state index in [-0.39, 0.29) is 6.42 Å². The van der Waals surface area contributed by atoms with Crippen LogP contribution in [-0.4, -0.2) is 75.0 Å². The quantitative estimate of drug-likeness (QED) is 0.108. The molecule has 1 aliphatic rings. The lowest BCUT2D eigenvalue weighted by atomic mass is 9.74. The van der Waals surface area contributed by atoms with Crippen molar-refractivity contribution in [2.45, 2.75) is 149 Å². The first-order valence-electron chi connectivity index (χ1n) is 19.5. The van der Waals surface area contributed by atoms with Gasteiger partial charge in [-0.1, -0.05) is 129 Å². The van der Waals surface area contributed by atoms with E-state index in [1.807, 2.05) is 24.3 Å². The molecule has 2 rings (SSSR count). The number of carboxylic acids is 2. The Morgan fingerprint density at radius 2 is 0.878 bits per heavy atom. The van der Waals surface area contributed by atoms with Crippen molar-refractivity contribution in [2.75, 3.05) is 52.9 Å². The number of fused-ring (bicyclic) bond motifs is 1. The zero-order valence-corrected chi connectivity index (χ0v) is 31.1. The largest absolute Gasteiger partial charge is 0.487 e. The molecule has 1 heterocycles. The highest BCUT2D eigenvalue weighted by Crippen LogP contribution is 2.38. The van der Waals surface area contributed by atoms with E-state index in [0.717, 1.165) is 88.5 Å². The van der Waals surface area contributed by atoms with Crippen molar-refractivity contribution in [1.82, 2.24) is 0 Å². The zero-order valence-electron chi connectivity index (χ0n) is 31.1. The molecule has 0 aliphatic carbocycles. The fourth-order valence-electron chi connectivity index (χ4n) is 6.10. The predicted molar refractivity (Wildman–Crippen MR) is 196 cm³/mol. The minimum Gasteiger partial charge on any atom is -0.487 e. The Labute approximate surface area is 297 Å². The highest BCUT2D eigenvalue weighted by atomic mass is 16.6. The Bertz CT molecular complexity index is 874. The summed E-state index contributed by atoms with van der Waals surface area (Å²) in [5.74, 6) is 0.155. The van der Waals surface area contributed by atoms with E-state index in [4.69, 9.17) is 28.8 Å². The van der Waals surface area contributed by atoms with Crippen LogP contribution in [-0.2, 0) is 23.8 Å². The minimum absolute atomic E-state index is 0.245.